The first-order chi connectivity index (χ1) is 4.88. The average molecular weight is 139 g/mol. The summed E-state index contributed by atoms with van der Waals surface area (Å²) in [4.78, 5) is 0. The van der Waals surface area contributed by atoms with Crippen molar-refractivity contribution in [2.45, 2.75) is 52.4 Å². The zero-order valence-corrected chi connectivity index (χ0v) is 7.32. The third-order valence-corrected chi connectivity index (χ3v) is 2.84. The van der Waals surface area contributed by atoms with Gasteiger partial charge in [0.25, 0.3) is 0 Å². The molecule has 0 nitrogen and oxygen atoms in total. The Balaban J connectivity index is 2.29. The van der Waals surface area contributed by atoms with Gasteiger partial charge in [0.05, 0.1) is 0 Å². The van der Waals surface area contributed by atoms with Crippen LogP contribution in [0, 0.1) is 11.8 Å². The molecule has 0 aromatic rings. The maximum atomic E-state index is 2.30. The minimum Gasteiger partial charge on any atom is -0.0648 e. The van der Waals surface area contributed by atoms with Crippen LogP contribution in [0.3, 0.4) is 0 Å². The normalized spacial score (nSPS) is 20.7. The van der Waals surface area contributed by atoms with Crippen LogP contribution in [0.1, 0.15) is 52.4 Å². The third-order valence-electron chi connectivity index (χ3n) is 2.84. The fourth-order valence-corrected chi connectivity index (χ4v) is 2.16. The Hall–Kier alpha value is 0. The topological polar surface area (TPSA) is 0 Å². The molecule has 0 aromatic carbocycles. The van der Waals surface area contributed by atoms with Crippen molar-refractivity contribution in [1.82, 2.24) is 0 Å². The van der Waals surface area contributed by atoms with Crippen LogP contribution in [-0.4, -0.2) is 0 Å². The zero-order valence-electron chi connectivity index (χ0n) is 7.32. The van der Waals surface area contributed by atoms with Crippen molar-refractivity contribution in [3.63, 3.8) is 0 Å². The van der Waals surface area contributed by atoms with Gasteiger partial charge in [-0.2, -0.15) is 0 Å². The zero-order chi connectivity index (χ0) is 7.40. The fraction of sp³-hybridized carbons (Fsp3) is 0.900. The van der Waals surface area contributed by atoms with Crippen molar-refractivity contribution >= 4 is 0 Å². The quantitative estimate of drug-likeness (QED) is 0.560. The van der Waals surface area contributed by atoms with E-state index in [1.807, 2.05) is 5.92 Å². The lowest BCUT2D eigenvalue weighted by atomic mass is 9.87. The summed E-state index contributed by atoms with van der Waals surface area (Å²) in [7, 11) is 0. The average Bonchev–Trinajstić information content (AvgIpc) is 2.43. The van der Waals surface area contributed by atoms with Gasteiger partial charge in [-0.25, -0.2) is 0 Å². The minimum atomic E-state index is 1.01. The predicted molar refractivity (Wildman–Crippen MR) is 45.8 cm³/mol. The lowest BCUT2D eigenvalue weighted by Gasteiger charge is -2.18. The summed E-state index contributed by atoms with van der Waals surface area (Å²) in [6.07, 6.45) is 8.57. The number of hydrogen-bond donors (Lipinski definition) is 0. The second kappa shape index (κ2) is 4.00. The first-order valence-electron chi connectivity index (χ1n) is 4.73. The summed E-state index contributed by atoms with van der Waals surface area (Å²) in [5.41, 5.74) is 0. The molecule has 0 heterocycles. The first-order valence-corrected chi connectivity index (χ1v) is 4.73. The van der Waals surface area contributed by atoms with E-state index in [1.54, 1.807) is 0 Å². The Labute approximate surface area is 65.0 Å². The van der Waals surface area contributed by atoms with E-state index in [0.717, 1.165) is 5.92 Å². The molecule has 1 saturated carbocycles. The maximum Gasteiger partial charge on any atom is -0.0215 e. The van der Waals surface area contributed by atoms with E-state index < -0.39 is 0 Å². The van der Waals surface area contributed by atoms with Gasteiger partial charge in [-0.15, -0.1) is 0 Å². The van der Waals surface area contributed by atoms with Gasteiger partial charge in [0.2, 0.25) is 0 Å². The van der Waals surface area contributed by atoms with Crippen LogP contribution in [0.15, 0.2) is 0 Å². The molecule has 0 aliphatic heterocycles. The monoisotopic (exact) mass is 139 g/mol. The smallest absolute Gasteiger partial charge is 0.0215 e. The summed E-state index contributed by atoms with van der Waals surface area (Å²) >= 11 is 0. The Morgan fingerprint density at radius 2 is 1.60 bits per heavy atom. The molecular formula is C10H19. The molecule has 0 atom stereocenters. The molecular weight excluding hydrogens is 120 g/mol. The highest BCUT2D eigenvalue weighted by Gasteiger charge is 2.22. The molecule has 1 aliphatic carbocycles. The van der Waals surface area contributed by atoms with Crippen molar-refractivity contribution in [3.05, 3.63) is 5.92 Å². The van der Waals surface area contributed by atoms with E-state index in [2.05, 4.69) is 13.8 Å². The molecule has 0 spiro atoms. The van der Waals surface area contributed by atoms with Crippen molar-refractivity contribution in [2.75, 3.05) is 0 Å². The molecule has 0 N–H and O–H groups in total. The summed E-state index contributed by atoms with van der Waals surface area (Å²) in [5, 5.41) is 0. The summed E-state index contributed by atoms with van der Waals surface area (Å²) in [6.45, 7) is 4.61. The van der Waals surface area contributed by atoms with Gasteiger partial charge in [0.1, 0.15) is 0 Å². The van der Waals surface area contributed by atoms with Gasteiger partial charge < -0.3 is 0 Å². The van der Waals surface area contributed by atoms with Gasteiger partial charge in [-0.05, 0) is 37.5 Å². The highest BCUT2D eigenvalue weighted by molar-refractivity contribution is 4.95. The third kappa shape index (κ3) is 1.74. The van der Waals surface area contributed by atoms with E-state index in [0.29, 0.717) is 0 Å². The Morgan fingerprint density at radius 1 is 1.10 bits per heavy atom. The Kier molecular flexibility index (Phi) is 3.24. The van der Waals surface area contributed by atoms with Crippen LogP contribution >= 0.6 is 0 Å². The van der Waals surface area contributed by atoms with Crippen LogP contribution in [0.4, 0.5) is 0 Å². The Morgan fingerprint density at radius 3 is 2.00 bits per heavy atom. The molecule has 0 aromatic heterocycles. The predicted octanol–water partition coefficient (Wildman–Crippen LogP) is 3.57. The summed E-state index contributed by atoms with van der Waals surface area (Å²) < 4.78 is 0. The summed E-state index contributed by atoms with van der Waals surface area (Å²) in [5.74, 6) is 2.83. The van der Waals surface area contributed by atoms with Crippen LogP contribution < -0.4 is 0 Å². The van der Waals surface area contributed by atoms with E-state index in [4.69, 9.17) is 0 Å². The molecule has 0 amide bonds. The molecule has 0 heteroatoms. The molecule has 1 aliphatic rings. The molecule has 0 unspecified atom stereocenters. The van der Waals surface area contributed by atoms with Gasteiger partial charge >= 0.3 is 0 Å². The molecule has 1 rings (SSSR count). The molecule has 1 fully saturated rings. The lowest BCUT2D eigenvalue weighted by molar-refractivity contribution is 0.511. The SMILES string of the molecule is CC[C](CC)C1CCCC1. The van der Waals surface area contributed by atoms with Gasteiger partial charge in [-0.3, -0.25) is 0 Å². The van der Waals surface area contributed by atoms with E-state index in [1.165, 1.54) is 38.5 Å². The van der Waals surface area contributed by atoms with Crippen molar-refractivity contribution in [1.29, 1.82) is 0 Å². The first kappa shape index (κ1) is 8.10. The molecule has 59 valence electrons. The van der Waals surface area contributed by atoms with Crippen molar-refractivity contribution in [2.24, 2.45) is 5.92 Å². The van der Waals surface area contributed by atoms with Gasteiger partial charge in [0.15, 0.2) is 0 Å². The number of hydrogen-bond acceptors (Lipinski definition) is 0. The van der Waals surface area contributed by atoms with Crippen LogP contribution in [0.5, 0.6) is 0 Å². The largest absolute Gasteiger partial charge is 0.0648 e. The number of rotatable bonds is 3. The maximum absolute atomic E-state index is 2.30. The van der Waals surface area contributed by atoms with E-state index in [-0.39, 0.29) is 0 Å². The molecule has 1 radical (unpaired) electrons. The van der Waals surface area contributed by atoms with Crippen LogP contribution in [0.2, 0.25) is 0 Å². The van der Waals surface area contributed by atoms with E-state index in [9.17, 15) is 0 Å². The highest BCUT2D eigenvalue weighted by atomic mass is 14.3. The lowest BCUT2D eigenvalue weighted by Crippen LogP contribution is -2.06. The Bertz CT molecular complexity index is 76.0. The minimum absolute atomic E-state index is 1.01. The van der Waals surface area contributed by atoms with Crippen LogP contribution in [0.25, 0.3) is 0 Å². The molecule has 0 bridgehead atoms. The van der Waals surface area contributed by atoms with Crippen molar-refractivity contribution < 1.29 is 0 Å². The molecule has 10 heavy (non-hydrogen) atoms. The van der Waals surface area contributed by atoms with Gasteiger partial charge in [0, 0.05) is 0 Å². The van der Waals surface area contributed by atoms with Crippen LogP contribution in [-0.2, 0) is 0 Å². The second-order valence-electron chi connectivity index (χ2n) is 3.35. The highest BCUT2D eigenvalue weighted by Crippen LogP contribution is 2.35. The fourth-order valence-electron chi connectivity index (χ4n) is 2.16. The standard InChI is InChI=1S/C10H19/c1-3-9(4-2)10-7-5-6-8-10/h10H,3-8H2,1-2H3. The second-order valence-corrected chi connectivity index (χ2v) is 3.35. The van der Waals surface area contributed by atoms with Crippen molar-refractivity contribution in [3.8, 4) is 0 Å². The van der Waals surface area contributed by atoms with E-state index >= 15 is 0 Å². The molecule has 0 saturated heterocycles. The van der Waals surface area contributed by atoms with Gasteiger partial charge in [-0.1, -0.05) is 26.7 Å². The summed E-state index contributed by atoms with van der Waals surface area (Å²) in [6, 6.07) is 0.